The number of aldehydes is 1. The maximum atomic E-state index is 11.9. The van der Waals surface area contributed by atoms with Gasteiger partial charge in [-0.15, -0.1) is 0 Å². The van der Waals surface area contributed by atoms with E-state index in [1.807, 2.05) is 6.07 Å². The Morgan fingerprint density at radius 2 is 2.17 bits per heavy atom. The molecule has 96 valence electrons. The number of nitrogens with zero attached hydrogens (tertiary/aromatic N) is 1. The highest BCUT2D eigenvalue weighted by Gasteiger charge is 2.31. The Hall–Kier alpha value is -1.92. The Labute approximate surface area is 105 Å². The summed E-state index contributed by atoms with van der Waals surface area (Å²) in [4.78, 5) is 24.5. The second kappa shape index (κ2) is 5.16. The summed E-state index contributed by atoms with van der Waals surface area (Å²) >= 11 is 0. The van der Waals surface area contributed by atoms with E-state index in [1.165, 1.54) is 4.90 Å². The number of rotatable bonds is 3. The van der Waals surface area contributed by atoms with Gasteiger partial charge in [0, 0.05) is 6.54 Å². The van der Waals surface area contributed by atoms with E-state index < -0.39 is 11.7 Å². The SMILES string of the molecule is N[C@](C=O)(NC(=O)N1CCOC1)c1ccccc1. The Kier molecular flexibility index (Phi) is 3.59. The third-order valence-corrected chi connectivity index (χ3v) is 2.79. The molecule has 0 spiro atoms. The first-order chi connectivity index (χ1) is 8.65. The summed E-state index contributed by atoms with van der Waals surface area (Å²) in [5, 5.41) is 2.52. The van der Waals surface area contributed by atoms with E-state index in [4.69, 9.17) is 10.5 Å². The van der Waals surface area contributed by atoms with Crippen LogP contribution in [0, 0.1) is 0 Å². The average Bonchev–Trinajstić information content (AvgIpc) is 2.93. The third kappa shape index (κ3) is 2.49. The fourth-order valence-corrected chi connectivity index (χ4v) is 1.71. The lowest BCUT2D eigenvalue weighted by Crippen LogP contribution is -2.57. The number of ether oxygens (including phenoxy) is 1. The van der Waals surface area contributed by atoms with Gasteiger partial charge >= 0.3 is 6.03 Å². The topological polar surface area (TPSA) is 84.7 Å². The number of amides is 2. The van der Waals surface area contributed by atoms with Crippen LogP contribution in [-0.2, 0) is 15.2 Å². The molecule has 0 saturated carbocycles. The molecule has 1 fully saturated rings. The van der Waals surface area contributed by atoms with Gasteiger partial charge in [0.05, 0.1) is 6.61 Å². The van der Waals surface area contributed by atoms with Crippen LogP contribution in [0.15, 0.2) is 30.3 Å². The first-order valence-corrected chi connectivity index (χ1v) is 5.61. The highest BCUT2D eigenvalue weighted by atomic mass is 16.5. The molecule has 1 atom stereocenters. The Bertz CT molecular complexity index is 431. The van der Waals surface area contributed by atoms with Crippen LogP contribution in [0.1, 0.15) is 5.56 Å². The maximum absolute atomic E-state index is 11.9. The van der Waals surface area contributed by atoms with Gasteiger partial charge in [-0.1, -0.05) is 30.3 Å². The van der Waals surface area contributed by atoms with Crippen LogP contribution in [0.5, 0.6) is 0 Å². The van der Waals surface area contributed by atoms with Gasteiger partial charge in [-0.25, -0.2) is 4.79 Å². The summed E-state index contributed by atoms with van der Waals surface area (Å²) in [6.45, 7) is 1.21. The second-order valence-corrected chi connectivity index (χ2v) is 4.08. The lowest BCUT2D eigenvalue weighted by Gasteiger charge is -2.27. The van der Waals surface area contributed by atoms with E-state index in [2.05, 4.69) is 5.32 Å². The minimum atomic E-state index is -1.51. The molecular weight excluding hydrogens is 234 g/mol. The molecule has 1 aromatic carbocycles. The molecule has 0 bridgehead atoms. The van der Waals surface area contributed by atoms with Crippen molar-refractivity contribution >= 4 is 12.3 Å². The van der Waals surface area contributed by atoms with Crippen LogP contribution >= 0.6 is 0 Å². The second-order valence-electron chi connectivity index (χ2n) is 4.08. The molecule has 0 unspecified atom stereocenters. The Morgan fingerprint density at radius 3 is 2.72 bits per heavy atom. The summed E-state index contributed by atoms with van der Waals surface area (Å²) in [7, 11) is 0. The molecule has 1 saturated heterocycles. The van der Waals surface area contributed by atoms with Gasteiger partial charge in [0.2, 0.25) is 0 Å². The van der Waals surface area contributed by atoms with Crippen molar-refractivity contribution in [3.8, 4) is 0 Å². The summed E-state index contributed by atoms with van der Waals surface area (Å²) in [5.74, 6) is 0. The first kappa shape index (κ1) is 12.5. The van der Waals surface area contributed by atoms with Gasteiger partial charge in [0.25, 0.3) is 0 Å². The van der Waals surface area contributed by atoms with Crippen molar-refractivity contribution in [2.45, 2.75) is 5.66 Å². The molecule has 2 rings (SSSR count). The molecule has 6 heteroatoms. The Morgan fingerprint density at radius 1 is 1.44 bits per heavy atom. The van der Waals surface area contributed by atoms with Crippen molar-refractivity contribution in [1.82, 2.24) is 10.2 Å². The molecule has 1 heterocycles. The van der Waals surface area contributed by atoms with Gasteiger partial charge in [0.1, 0.15) is 6.73 Å². The fourth-order valence-electron chi connectivity index (χ4n) is 1.71. The third-order valence-electron chi connectivity index (χ3n) is 2.79. The zero-order valence-corrected chi connectivity index (χ0v) is 9.83. The normalized spacial score (nSPS) is 18.2. The minimum absolute atomic E-state index is 0.218. The number of hydrogen-bond donors (Lipinski definition) is 2. The van der Waals surface area contributed by atoms with Crippen LogP contribution in [0.3, 0.4) is 0 Å². The summed E-state index contributed by atoms with van der Waals surface area (Å²) in [6.07, 6.45) is 0.525. The number of nitrogens with two attached hydrogens (primary N) is 1. The lowest BCUT2D eigenvalue weighted by molar-refractivity contribution is -0.113. The molecular formula is C12H15N3O3. The van der Waals surface area contributed by atoms with Crippen LogP contribution < -0.4 is 11.1 Å². The van der Waals surface area contributed by atoms with E-state index in [9.17, 15) is 9.59 Å². The molecule has 1 aliphatic rings. The van der Waals surface area contributed by atoms with Gasteiger partial charge in [-0.3, -0.25) is 15.4 Å². The fraction of sp³-hybridized carbons (Fsp3) is 0.333. The maximum Gasteiger partial charge on any atom is 0.321 e. The van der Waals surface area contributed by atoms with Crippen molar-refractivity contribution in [2.75, 3.05) is 19.9 Å². The molecule has 18 heavy (non-hydrogen) atoms. The molecule has 1 aromatic rings. The van der Waals surface area contributed by atoms with Crippen molar-refractivity contribution < 1.29 is 14.3 Å². The number of benzene rings is 1. The number of carbonyl (C=O) groups excluding carboxylic acids is 2. The number of hydrogen-bond acceptors (Lipinski definition) is 4. The summed E-state index contributed by atoms with van der Waals surface area (Å²) < 4.78 is 5.07. The monoisotopic (exact) mass is 249 g/mol. The molecule has 0 aliphatic carbocycles. The zero-order valence-electron chi connectivity index (χ0n) is 9.83. The summed E-state index contributed by atoms with van der Waals surface area (Å²) in [5.41, 5.74) is 4.94. The van der Waals surface area contributed by atoms with Crippen molar-refractivity contribution in [3.63, 3.8) is 0 Å². The van der Waals surface area contributed by atoms with E-state index in [0.29, 0.717) is 25.0 Å². The lowest BCUT2D eigenvalue weighted by atomic mass is 10.0. The number of urea groups is 1. The number of carbonyl (C=O) groups is 2. The van der Waals surface area contributed by atoms with Crippen molar-refractivity contribution in [3.05, 3.63) is 35.9 Å². The van der Waals surface area contributed by atoms with Crippen LogP contribution in [0.25, 0.3) is 0 Å². The van der Waals surface area contributed by atoms with Crippen molar-refractivity contribution in [1.29, 1.82) is 0 Å². The molecule has 1 aliphatic heterocycles. The quantitative estimate of drug-likeness (QED) is 0.583. The van der Waals surface area contributed by atoms with Gasteiger partial charge in [0.15, 0.2) is 11.9 Å². The number of nitrogens with one attached hydrogen (secondary N) is 1. The molecule has 3 N–H and O–H groups in total. The van der Waals surface area contributed by atoms with E-state index >= 15 is 0 Å². The van der Waals surface area contributed by atoms with E-state index in [1.54, 1.807) is 24.3 Å². The van der Waals surface area contributed by atoms with E-state index in [0.717, 1.165) is 0 Å². The smallest absolute Gasteiger partial charge is 0.321 e. The minimum Gasteiger partial charge on any atom is -0.359 e. The van der Waals surface area contributed by atoms with Crippen LogP contribution in [0.2, 0.25) is 0 Å². The molecule has 0 radical (unpaired) electrons. The van der Waals surface area contributed by atoms with Crippen molar-refractivity contribution in [2.24, 2.45) is 5.73 Å². The molecule has 2 amide bonds. The highest BCUT2D eigenvalue weighted by Crippen LogP contribution is 2.13. The largest absolute Gasteiger partial charge is 0.359 e. The van der Waals surface area contributed by atoms with Crippen LogP contribution in [0.4, 0.5) is 4.79 Å². The average molecular weight is 249 g/mol. The molecule has 6 nitrogen and oxygen atoms in total. The van der Waals surface area contributed by atoms with Gasteiger partial charge in [-0.2, -0.15) is 0 Å². The zero-order chi connectivity index (χ0) is 13.0. The van der Waals surface area contributed by atoms with Crippen LogP contribution in [-0.4, -0.2) is 37.1 Å². The molecule has 0 aromatic heterocycles. The highest BCUT2D eigenvalue weighted by molar-refractivity contribution is 5.81. The van der Waals surface area contributed by atoms with Gasteiger partial charge in [-0.05, 0) is 5.56 Å². The van der Waals surface area contributed by atoms with E-state index in [-0.39, 0.29) is 6.73 Å². The van der Waals surface area contributed by atoms with Gasteiger partial charge < -0.3 is 10.1 Å². The predicted octanol–water partition coefficient (Wildman–Crippen LogP) is -0.00370. The Balaban J connectivity index is 2.13. The predicted molar refractivity (Wildman–Crippen MR) is 64.4 cm³/mol. The summed E-state index contributed by atoms with van der Waals surface area (Å²) in [6, 6.07) is 8.29. The standard InChI is InChI=1S/C12H15N3O3/c13-12(8-16,10-4-2-1-3-5-10)14-11(17)15-6-7-18-9-15/h1-5,8H,6-7,9,13H2,(H,14,17)/t12-/m1/s1. The first-order valence-electron chi connectivity index (χ1n) is 5.61.